The quantitative estimate of drug-likeness (QED) is 0.731. The molecule has 0 saturated carbocycles. The van der Waals surface area contributed by atoms with Gasteiger partial charge in [-0.05, 0) is 30.3 Å². The fourth-order valence-corrected chi connectivity index (χ4v) is 1.92. The molecule has 0 fully saturated rings. The Morgan fingerprint density at radius 3 is 2.70 bits per heavy atom. The summed E-state index contributed by atoms with van der Waals surface area (Å²) in [6, 6.07) is 10.6. The zero-order valence-corrected chi connectivity index (χ0v) is 13.3. The molecule has 6 nitrogen and oxygen atoms in total. The highest BCUT2D eigenvalue weighted by Crippen LogP contribution is 2.11. The minimum Gasteiger partial charge on any atom is -0.467 e. The van der Waals surface area contributed by atoms with Crippen molar-refractivity contribution in [3.63, 3.8) is 0 Å². The van der Waals surface area contributed by atoms with Crippen molar-refractivity contribution in [2.24, 2.45) is 0 Å². The summed E-state index contributed by atoms with van der Waals surface area (Å²) in [5.41, 5.74) is 1.07. The van der Waals surface area contributed by atoms with E-state index in [9.17, 15) is 9.59 Å². The van der Waals surface area contributed by atoms with Crippen LogP contribution in [0.2, 0.25) is 0 Å². The zero-order valence-electron chi connectivity index (χ0n) is 13.3. The first-order valence-corrected chi connectivity index (χ1v) is 7.48. The molecule has 0 atom stereocenters. The zero-order chi connectivity index (χ0) is 16.7. The SMILES string of the molecule is CC(C)NCC(=O)Nc1cccc(C(=O)NCc2ccco2)c1. The molecule has 3 N–H and O–H groups in total. The minimum atomic E-state index is -0.224. The van der Waals surface area contributed by atoms with Crippen LogP contribution in [0, 0.1) is 0 Å². The van der Waals surface area contributed by atoms with Gasteiger partial charge in [-0.15, -0.1) is 0 Å². The average molecular weight is 315 g/mol. The van der Waals surface area contributed by atoms with Crippen LogP contribution < -0.4 is 16.0 Å². The molecule has 0 saturated heterocycles. The van der Waals surface area contributed by atoms with Gasteiger partial charge in [-0.25, -0.2) is 0 Å². The van der Waals surface area contributed by atoms with Gasteiger partial charge in [0.05, 0.1) is 19.4 Å². The largest absolute Gasteiger partial charge is 0.467 e. The third-order valence-electron chi connectivity index (χ3n) is 3.08. The normalized spacial score (nSPS) is 10.6. The average Bonchev–Trinajstić information content (AvgIpc) is 3.04. The maximum Gasteiger partial charge on any atom is 0.251 e. The highest BCUT2D eigenvalue weighted by molar-refractivity contribution is 5.97. The smallest absolute Gasteiger partial charge is 0.251 e. The maximum atomic E-state index is 12.1. The van der Waals surface area contributed by atoms with Crippen LogP contribution in [0.25, 0.3) is 0 Å². The summed E-state index contributed by atoms with van der Waals surface area (Å²) in [7, 11) is 0. The lowest BCUT2D eigenvalue weighted by Gasteiger charge is -2.10. The van der Waals surface area contributed by atoms with Gasteiger partial charge in [0.1, 0.15) is 5.76 Å². The van der Waals surface area contributed by atoms with Crippen LogP contribution in [0.1, 0.15) is 30.0 Å². The van der Waals surface area contributed by atoms with Crippen molar-refractivity contribution in [2.45, 2.75) is 26.4 Å². The van der Waals surface area contributed by atoms with Crippen LogP contribution in [0.5, 0.6) is 0 Å². The van der Waals surface area contributed by atoms with Crippen LogP contribution in [-0.4, -0.2) is 24.4 Å². The second-order valence-corrected chi connectivity index (χ2v) is 5.43. The fourth-order valence-electron chi connectivity index (χ4n) is 1.92. The maximum absolute atomic E-state index is 12.1. The molecule has 0 aliphatic heterocycles. The number of amides is 2. The molecule has 1 aromatic heterocycles. The van der Waals surface area contributed by atoms with Gasteiger partial charge in [-0.3, -0.25) is 9.59 Å². The molecule has 0 aliphatic carbocycles. The van der Waals surface area contributed by atoms with Crippen molar-refractivity contribution in [3.8, 4) is 0 Å². The van der Waals surface area contributed by atoms with E-state index in [-0.39, 0.29) is 24.4 Å². The van der Waals surface area contributed by atoms with E-state index in [0.717, 1.165) is 0 Å². The molecule has 2 amide bonds. The van der Waals surface area contributed by atoms with Crippen molar-refractivity contribution in [1.29, 1.82) is 0 Å². The van der Waals surface area contributed by atoms with Crippen LogP contribution in [-0.2, 0) is 11.3 Å². The number of nitrogens with one attached hydrogen (secondary N) is 3. The number of hydrogen-bond acceptors (Lipinski definition) is 4. The third kappa shape index (κ3) is 5.60. The van der Waals surface area contributed by atoms with Crippen molar-refractivity contribution in [1.82, 2.24) is 10.6 Å². The van der Waals surface area contributed by atoms with E-state index < -0.39 is 0 Å². The van der Waals surface area contributed by atoms with E-state index in [1.54, 1.807) is 42.7 Å². The van der Waals surface area contributed by atoms with Crippen molar-refractivity contribution in [3.05, 3.63) is 54.0 Å². The number of rotatable bonds is 7. The number of carbonyl (C=O) groups excluding carboxylic acids is 2. The van der Waals surface area contributed by atoms with Crippen molar-refractivity contribution >= 4 is 17.5 Å². The van der Waals surface area contributed by atoms with Crippen LogP contribution in [0.3, 0.4) is 0 Å². The number of hydrogen-bond donors (Lipinski definition) is 3. The second-order valence-electron chi connectivity index (χ2n) is 5.43. The number of anilines is 1. The molecule has 23 heavy (non-hydrogen) atoms. The first-order chi connectivity index (χ1) is 11.0. The molecule has 2 aromatic rings. The number of benzene rings is 1. The molecular formula is C17H21N3O3. The predicted octanol–water partition coefficient (Wildman–Crippen LogP) is 2.15. The van der Waals surface area contributed by atoms with Crippen molar-refractivity contribution < 1.29 is 14.0 Å². The lowest BCUT2D eigenvalue weighted by Crippen LogP contribution is -2.32. The van der Waals surface area contributed by atoms with Gasteiger partial charge in [0.2, 0.25) is 5.91 Å². The molecule has 122 valence electrons. The molecule has 2 rings (SSSR count). The molecule has 6 heteroatoms. The Balaban J connectivity index is 1.90. The topological polar surface area (TPSA) is 83.4 Å². The lowest BCUT2D eigenvalue weighted by molar-refractivity contribution is -0.115. The minimum absolute atomic E-state index is 0.146. The lowest BCUT2D eigenvalue weighted by atomic mass is 10.2. The first kappa shape index (κ1) is 16.8. The molecular weight excluding hydrogens is 294 g/mol. The van der Waals surface area contributed by atoms with Crippen LogP contribution >= 0.6 is 0 Å². The van der Waals surface area contributed by atoms with Gasteiger partial charge in [-0.2, -0.15) is 0 Å². The summed E-state index contributed by atoms with van der Waals surface area (Å²) in [5, 5.41) is 8.56. The fraction of sp³-hybridized carbons (Fsp3) is 0.294. The van der Waals surface area contributed by atoms with Crippen LogP contribution in [0.15, 0.2) is 47.1 Å². The molecule has 0 spiro atoms. The van der Waals surface area contributed by atoms with E-state index in [4.69, 9.17) is 4.42 Å². The summed E-state index contributed by atoms with van der Waals surface area (Å²) in [4.78, 5) is 23.9. The Kier molecular flexibility index (Phi) is 5.94. The monoisotopic (exact) mass is 315 g/mol. The molecule has 0 unspecified atom stereocenters. The second kappa shape index (κ2) is 8.14. The van der Waals surface area contributed by atoms with Gasteiger partial charge in [0.15, 0.2) is 0 Å². The standard InChI is InChI=1S/C17H21N3O3/c1-12(2)18-11-16(21)20-14-6-3-5-13(9-14)17(22)19-10-15-7-4-8-23-15/h3-9,12,18H,10-11H2,1-2H3,(H,19,22)(H,20,21). The highest BCUT2D eigenvalue weighted by Gasteiger charge is 2.08. The Bertz CT molecular complexity index is 651. The third-order valence-corrected chi connectivity index (χ3v) is 3.08. The molecule has 0 radical (unpaired) electrons. The summed E-state index contributed by atoms with van der Waals surface area (Å²) in [6.07, 6.45) is 1.56. The van der Waals surface area contributed by atoms with E-state index in [2.05, 4.69) is 16.0 Å². The van der Waals surface area contributed by atoms with E-state index in [0.29, 0.717) is 23.6 Å². The van der Waals surface area contributed by atoms with Gasteiger partial charge in [0.25, 0.3) is 5.91 Å². The molecule has 1 heterocycles. The van der Waals surface area contributed by atoms with Crippen molar-refractivity contribution in [2.75, 3.05) is 11.9 Å². The highest BCUT2D eigenvalue weighted by atomic mass is 16.3. The van der Waals surface area contributed by atoms with E-state index in [1.807, 2.05) is 13.8 Å². The van der Waals surface area contributed by atoms with Gasteiger partial charge in [0, 0.05) is 17.3 Å². The van der Waals surface area contributed by atoms with E-state index >= 15 is 0 Å². The number of furan rings is 1. The Hall–Kier alpha value is -2.60. The van der Waals surface area contributed by atoms with Crippen LogP contribution in [0.4, 0.5) is 5.69 Å². The Labute approximate surface area is 135 Å². The Morgan fingerprint density at radius 2 is 2.00 bits per heavy atom. The predicted molar refractivity (Wildman–Crippen MR) is 88.1 cm³/mol. The summed E-state index contributed by atoms with van der Waals surface area (Å²) < 4.78 is 5.16. The number of carbonyl (C=O) groups is 2. The van der Waals surface area contributed by atoms with Gasteiger partial charge in [-0.1, -0.05) is 19.9 Å². The van der Waals surface area contributed by atoms with Gasteiger partial charge >= 0.3 is 0 Å². The molecule has 1 aromatic carbocycles. The van der Waals surface area contributed by atoms with Gasteiger partial charge < -0.3 is 20.4 Å². The molecule has 0 aliphatic rings. The summed E-state index contributed by atoms with van der Waals surface area (Å²) in [5.74, 6) is 0.312. The summed E-state index contributed by atoms with van der Waals surface area (Å²) >= 11 is 0. The summed E-state index contributed by atoms with van der Waals surface area (Å²) in [6.45, 7) is 4.49. The molecule has 0 bridgehead atoms. The first-order valence-electron chi connectivity index (χ1n) is 7.48. The van der Waals surface area contributed by atoms with E-state index in [1.165, 1.54) is 0 Å². The Morgan fingerprint density at radius 1 is 1.17 bits per heavy atom.